The summed E-state index contributed by atoms with van der Waals surface area (Å²) in [5, 5.41) is 44.4. The molecular formula is C73H108O12S4. The Bertz CT molecular complexity index is 2550. The Morgan fingerprint density at radius 1 is 0.326 bits per heavy atom. The van der Waals surface area contributed by atoms with Crippen molar-refractivity contribution in [2.75, 3.05) is 72.5 Å². The Morgan fingerprint density at radius 2 is 0.517 bits per heavy atom. The van der Waals surface area contributed by atoms with Crippen molar-refractivity contribution in [2.24, 2.45) is 5.41 Å². The van der Waals surface area contributed by atoms with Crippen LogP contribution in [-0.4, -0.2) is 117 Å². The number of hydrogen-bond acceptors (Lipinski definition) is 16. The molecule has 0 aliphatic carbocycles. The number of carbonyl (C=O) groups is 4. The molecule has 12 nitrogen and oxygen atoms in total. The number of aromatic hydroxyl groups is 4. The van der Waals surface area contributed by atoms with E-state index in [-0.39, 0.29) is 73.8 Å². The number of esters is 4. The lowest BCUT2D eigenvalue weighted by Gasteiger charge is -2.31. The predicted molar refractivity (Wildman–Crippen MR) is 373 cm³/mol. The minimum Gasteiger partial charge on any atom is -0.507 e. The normalized spacial score (nSPS) is 12.3. The second kappa shape index (κ2) is 36.0. The maximum absolute atomic E-state index is 13.6. The van der Waals surface area contributed by atoms with Gasteiger partial charge in [0, 0.05) is 23.0 Å². The van der Waals surface area contributed by atoms with E-state index in [1.807, 2.05) is 76.2 Å². The third-order valence-electron chi connectivity index (χ3n) is 15.5. The molecule has 16 heteroatoms. The Hall–Kier alpha value is -4.64. The summed E-state index contributed by atoms with van der Waals surface area (Å²) in [5.41, 5.74) is 9.48. The van der Waals surface area contributed by atoms with Crippen molar-refractivity contribution in [3.05, 3.63) is 115 Å². The van der Waals surface area contributed by atoms with Crippen LogP contribution in [0.1, 0.15) is 201 Å². The Labute approximate surface area is 551 Å². The highest BCUT2D eigenvalue weighted by Crippen LogP contribution is 2.39. The van der Waals surface area contributed by atoms with E-state index in [0.717, 1.165) is 115 Å². The fraction of sp³-hybridized carbons (Fsp3) is 0.616. The first-order valence-electron chi connectivity index (χ1n) is 31.9. The summed E-state index contributed by atoms with van der Waals surface area (Å²) >= 11 is 6.43. The number of carbonyl (C=O) groups excluding carboxylic acids is 4. The molecule has 0 fully saturated rings. The summed E-state index contributed by atoms with van der Waals surface area (Å²) in [7, 11) is 0. The van der Waals surface area contributed by atoms with Crippen molar-refractivity contribution in [2.45, 2.75) is 209 Å². The molecule has 4 N–H and O–H groups in total. The number of thioether (sulfide) groups is 4. The molecule has 0 heterocycles. The Balaban J connectivity index is 1.43. The van der Waals surface area contributed by atoms with Gasteiger partial charge < -0.3 is 39.4 Å². The zero-order valence-electron chi connectivity index (χ0n) is 56.8. The third kappa shape index (κ3) is 26.8. The quantitative estimate of drug-likeness (QED) is 0.0191. The largest absolute Gasteiger partial charge is 0.507 e. The Morgan fingerprint density at radius 3 is 0.697 bits per heavy atom. The molecule has 0 bridgehead atoms. The standard InChI is InChI=1S/C73H108O12S4/c1-49-37-53(65(78)57(41-49)69(5,6)7)21-17-29-86-33-25-61(74)82-45-73(46-83-62(75)26-34-87-30-18-22-54-38-50(2)42-58(66(54)79)70(8,9)10,47-84-63(76)27-35-88-31-19-23-55-39-51(3)43-59(67(55)80)71(11,12)13)48-85-64(77)28-36-89-32-20-24-56-40-52(4)44-60(68(56)81)72(14,15)16/h37-44,78-81H,17-36,45-48H2,1-16H3. The number of phenolic OH excluding ortho intramolecular Hbond substituents is 4. The molecule has 496 valence electrons. The maximum Gasteiger partial charge on any atom is 0.306 e. The first-order chi connectivity index (χ1) is 41.6. The van der Waals surface area contributed by atoms with E-state index in [1.54, 1.807) is 47.0 Å². The van der Waals surface area contributed by atoms with Gasteiger partial charge in [0.15, 0.2) is 0 Å². The van der Waals surface area contributed by atoms with Crippen molar-refractivity contribution >= 4 is 70.9 Å². The number of aryl methyl sites for hydroxylation is 8. The second-order valence-electron chi connectivity index (χ2n) is 28.3. The van der Waals surface area contributed by atoms with Crippen molar-refractivity contribution in [1.29, 1.82) is 0 Å². The molecule has 0 atom stereocenters. The molecule has 0 spiro atoms. The average molecular weight is 1310 g/mol. The topological polar surface area (TPSA) is 186 Å². The van der Waals surface area contributed by atoms with Crippen LogP contribution >= 0.6 is 47.0 Å². The van der Waals surface area contributed by atoms with Crippen LogP contribution in [0.15, 0.2) is 48.5 Å². The highest BCUT2D eigenvalue weighted by atomic mass is 32.2. The lowest BCUT2D eigenvalue weighted by Crippen LogP contribution is -2.44. The molecule has 0 saturated heterocycles. The molecule has 0 aliphatic heterocycles. The maximum atomic E-state index is 13.6. The van der Waals surface area contributed by atoms with Gasteiger partial charge in [0.1, 0.15) is 54.8 Å². The SMILES string of the molecule is Cc1cc(CCCSCCC(=O)OCC(COC(=O)CCSCCCc2cc(C)cc(C(C)(C)C)c2O)(COC(=O)CCSCCCc2cc(C)cc(C(C)(C)C)c2O)COC(=O)CCSCCCc2cc(C)cc(C(C)(C)C)c2O)c(O)c(C(C)(C)C)c1. The van der Waals surface area contributed by atoms with E-state index in [0.29, 0.717) is 71.7 Å². The van der Waals surface area contributed by atoms with E-state index >= 15 is 0 Å². The van der Waals surface area contributed by atoms with Crippen molar-refractivity contribution in [3.63, 3.8) is 0 Å². The lowest BCUT2D eigenvalue weighted by atomic mass is 9.83. The van der Waals surface area contributed by atoms with Crippen LogP contribution in [0.25, 0.3) is 0 Å². The van der Waals surface area contributed by atoms with Crippen LogP contribution in [0.5, 0.6) is 23.0 Å². The van der Waals surface area contributed by atoms with E-state index in [9.17, 15) is 39.6 Å². The summed E-state index contributed by atoms with van der Waals surface area (Å²) in [6, 6.07) is 16.3. The third-order valence-corrected chi connectivity index (χ3v) is 19.7. The number of hydrogen-bond donors (Lipinski definition) is 4. The van der Waals surface area contributed by atoms with E-state index in [2.05, 4.69) is 83.1 Å². The van der Waals surface area contributed by atoms with Gasteiger partial charge in [0.05, 0.1) is 25.7 Å². The monoisotopic (exact) mass is 1300 g/mol. The molecule has 0 unspecified atom stereocenters. The minimum absolute atomic E-state index is 0.0827. The second-order valence-corrected chi connectivity index (χ2v) is 33.2. The fourth-order valence-corrected chi connectivity index (χ4v) is 13.9. The van der Waals surface area contributed by atoms with Gasteiger partial charge in [-0.3, -0.25) is 19.2 Å². The molecule has 0 radical (unpaired) electrons. The van der Waals surface area contributed by atoms with Crippen molar-refractivity contribution < 1.29 is 58.6 Å². The molecule has 4 rings (SSSR count). The van der Waals surface area contributed by atoms with Crippen LogP contribution in [0.3, 0.4) is 0 Å². The molecule has 4 aromatic rings. The summed E-state index contributed by atoms with van der Waals surface area (Å²) in [4.78, 5) is 54.3. The van der Waals surface area contributed by atoms with Crippen LogP contribution in [0.4, 0.5) is 0 Å². The summed E-state index contributed by atoms with van der Waals surface area (Å²) in [6.45, 7) is 31.8. The first-order valence-corrected chi connectivity index (χ1v) is 36.5. The molecule has 0 aliphatic rings. The van der Waals surface area contributed by atoms with Crippen LogP contribution in [0, 0.1) is 33.1 Å². The van der Waals surface area contributed by atoms with Crippen LogP contribution in [-0.2, 0) is 85.5 Å². The van der Waals surface area contributed by atoms with Gasteiger partial charge in [0.25, 0.3) is 0 Å². The Kier molecular flexibility index (Phi) is 31.1. The van der Waals surface area contributed by atoms with E-state index in [4.69, 9.17) is 18.9 Å². The highest BCUT2D eigenvalue weighted by molar-refractivity contribution is 7.99. The summed E-state index contributed by atoms with van der Waals surface area (Å²) < 4.78 is 23.8. The van der Waals surface area contributed by atoms with Crippen molar-refractivity contribution in [1.82, 2.24) is 0 Å². The fourth-order valence-electron chi connectivity index (χ4n) is 10.4. The van der Waals surface area contributed by atoms with Gasteiger partial charge >= 0.3 is 23.9 Å². The van der Waals surface area contributed by atoms with Gasteiger partial charge in [-0.05, 0) is 168 Å². The number of rotatable bonds is 36. The molecule has 0 amide bonds. The lowest BCUT2D eigenvalue weighted by molar-refractivity contribution is -0.170. The summed E-state index contributed by atoms with van der Waals surface area (Å²) in [6.07, 6.45) is 6.28. The van der Waals surface area contributed by atoms with Gasteiger partial charge in [-0.1, -0.05) is 154 Å². The molecule has 89 heavy (non-hydrogen) atoms. The van der Waals surface area contributed by atoms with Gasteiger partial charge in [-0.2, -0.15) is 47.0 Å². The van der Waals surface area contributed by atoms with Gasteiger partial charge in [-0.25, -0.2) is 0 Å². The molecule has 4 aromatic carbocycles. The summed E-state index contributed by atoms with van der Waals surface area (Å²) in [5.74, 6) is 4.26. The predicted octanol–water partition coefficient (Wildman–Crippen LogP) is 16.4. The number of benzene rings is 4. The van der Waals surface area contributed by atoms with Gasteiger partial charge in [0.2, 0.25) is 0 Å². The van der Waals surface area contributed by atoms with Crippen LogP contribution < -0.4 is 0 Å². The minimum atomic E-state index is -1.43. The van der Waals surface area contributed by atoms with Crippen molar-refractivity contribution in [3.8, 4) is 23.0 Å². The molecular weight excluding hydrogens is 1200 g/mol. The molecule has 0 aromatic heterocycles. The average Bonchev–Trinajstić information content (AvgIpc) is 1.85. The van der Waals surface area contributed by atoms with E-state index < -0.39 is 29.3 Å². The number of phenols is 4. The molecule has 0 saturated carbocycles. The van der Waals surface area contributed by atoms with Gasteiger partial charge in [-0.15, -0.1) is 0 Å². The number of ether oxygens (including phenoxy) is 4. The highest BCUT2D eigenvalue weighted by Gasteiger charge is 2.38. The zero-order chi connectivity index (χ0) is 66.3. The van der Waals surface area contributed by atoms with E-state index in [1.165, 1.54) is 0 Å². The van der Waals surface area contributed by atoms with Crippen LogP contribution in [0.2, 0.25) is 0 Å². The smallest absolute Gasteiger partial charge is 0.306 e. The first kappa shape index (κ1) is 76.8. The zero-order valence-corrected chi connectivity index (χ0v) is 60.0.